The van der Waals surface area contributed by atoms with Crippen molar-refractivity contribution in [3.8, 4) is 17.2 Å². The van der Waals surface area contributed by atoms with Gasteiger partial charge in [0.2, 0.25) is 11.9 Å². The molecule has 0 saturated carbocycles. The third kappa shape index (κ3) is 4.19. The SMILES string of the molecule is O=C(Nc1ccc2c(c1)OCO2)c1cc([N+](=O)[O-])ccc1Sc1nnnn1-c1ccccc1. The van der Waals surface area contributed by atoms with E-state index in [0.717, 1.165) is 17.4 Å². The van der Waals surface area contributed by atoms with Crippen molar-refractivity contribution in [1.29, 1.82) is 0 Å². The average Bonchev–Trinajstić information content (AvgIpc) is 3.49. The van der Waals surface area contributed by atoms with Crippen LogP contribution in [0.25, 0.3) is 5.69 Å². The number of anilines is 1. The molecule has 0 radical (unpaired) electrons. The number of amides is 1. The summed E-state index contributed by atoms with van der Waals surface area (Å²) in [6.45, 7) is 0.106. The highest BCUT2D eigenvalue weighted by molar-refractivity contribution is 7.99. The predicted octanol–water partition coefficient (Wildman–Crippen LogP) is 3.70. The molecule has 1 amide bonds. The number of non-ortho nitro benzene ring substituents is 1. The van der Waals surface area contributed by atoms with Crippen LogP contribution in [-0.4, -0.2) is 37.8 Å². The zero-order chi connectivity index (χ0) is 22.8. The first-order chi connectivity index (χ1) is 16.1. The van der Waals surface area contributed by atoms with Gasteiger partial charge in [0.05, 0.1) is 16.2 Å². The number of rotatable bonds is 6. The Morgan fingerprint density at radius 2 is 1.88 bits per heavy atom. The Kier molecular flexibility index (Phi) is 5.32. The maximum atomic E-state index is 13.1. The monoisotopic (exact) mass is 462 g/mol. The van der Waals surface area contributed by atoms with Crippen molar-refractivity contribution in [3.05, 3.63) is 82.4 Å². The van der Waals surface area contributed by atoms with Gasteiger partial charge in [0, 0.05) is 28.8 Å². The number of tetrazole rings is 1. The highest BCUT2D eigenvalue weighted by Crippen LogP contribution is 2.36. The first kappa shape index (κ1) is 20.5. The molecule has 11 nitrogen and oxygen atoms in total. The van der Waals surface area contributed by atoms with E-state index in [1.807, 2.05) is 30.3 Å². The van der Waals surface area contributed by atoms with Gasteiger partial charge in [-0.1, -0.05) is 18.2 Å². The number of carbonyl (C=O) groups is 1. The van der Waals surface area contributed by atoms with Gasteiger partial charge in [0.25, 0.3) is 11.6 Å². The quantitative estimate of drug-likeness (QED) is 0.336. The first-order valence-corrected chi connectivity index (χ1v) is 10.4. The van der Waals surface area contributed by atoms with E-state index in [1.54, 1.807) is 18.2 Å². The molecule has 0 fully saturated rings. The number of ether oxygens (including phenoxy) is 2. The minimum absolute atomic E-state index is 0.106. The van der Waals surface area contributed by atoms with E-state index in [4.69, 9.17) is 9.47 Å². The summed E-state index contributed by atoms with van der Waals surface area (Å²) in [6.07, 6.45) is 0. The highest BCUT2D eigenvalue weighted by atomic mass is 32.2. The predicted molar refractivity (Wildman–Crippen MR) is 117 cm³/mol. The molecular formula is C21H14N6O5S. The number of nitrogens with one attached hydrogen (secondary N) is 1. The molecule has 12 heteroatoms. The Morgan fingerprint density at radius 1 is 1.06 bits per heavy atom. The number of fused-ring (bicyclic) bond motifs is 1. The second-order valence-corrected chi connectivity index (χ2v) is 7.78. The minimum atomic E-state index is -0.556. The summed E-state index contributed by atoms with van der Waals surface area (Å²) >= 11 is 1.12. The lowest BCUT2D eigenvalue weighted by Gasteiger charge is -2.10. The number of carbonyl (C=O) groups excluding carboxylic acids is 1. The number of benzene rings is 3. The van der Waals surface area contributed by atoms with Crippen LogP contribution in [0.3, 0.4) is 0 Å². The molecule has 2 heterocycles. The van der Waals surface area contributed by atoms with Gasteiger partial charge in [0.15, 0.2) is 11.5 Å². The van der Waals surface area contributed by atoms with E-state index in [0.29, 0.717) is 27.2 Å². The van der Waals surface area contributed by atoms with Crippen LogP contribution in [0.15, 0.2) is 76.8 Å². The molecule has 1 N–H and O–H groups in total. The van der Waals surface area contributed by atoms with Gasteiger partial charge < -0.3 is 14.8 Å². The molecule has 0 atom stereocenters. The van der Waals surface area contributed by atoms with E-state index in [1.165, 1.54) is 22.9 Å². The fourth-order valence-corrected chi connectivity index (χ4v) is 4.04. The van der Waals surface area contributed by atoms with Gasteiger partial charge in [-0.15, -0.1) is 5.10 Å². The Hall–Kier alpha value is -4.45. The second kappa shape index (κ2) is 8.59. The fraction of sp³-hybridized carbons (Fsp3) is 0.0476. The molecule has 1 aliphatic heterocycles. The van der Waals surface area contributed by atoms with E-state index < -0.39 is 10.8 Å². The fourth-order valence-electron chi connectivity index (χ4n) is 3.14. The van der Waals surface area contributed by atoms with Crippen molar-refractivity contribution in [2.45, 2.75) is 10.1 Å². The molecule has 0 unspecified atom stereocenters. The van der Waals surface area contributed by atoms with Crippen molar-refractivity contribution >= 4 is 29.0 Å². The maximum Gasteiger partial charge on any atom is 0.270 e. The van der Waals surface area contributed by atoms with Crippen LogP contribution in [-0.2, 0) is 0 Å². The summed E-state index contributed by atoms with van der Waals surface area (Å²) < 4.78 is 12.1. The second-order valence-electron chi connectivity index (χ2n) is 6.77. The molecule has 5 rings (SSSR count). The van der Waals surface area contributed by atoms with Crippen molar-refractivity contribution < 1.29 is 19.2 Å². The number of hydrogen-bond donors (Lipinski definition) is 1. The first-order valence-electron chi connectivity index (χ1n) is 9.59. The lowest BCUT2D eigenvalue weighted by atomic mass is 10.1. The van der Waals surface area contributed by atoms with Crippen molar-refractivity contribution in [1.82, 2.24) is 20.2 Å². The molecule has 0 aliphatic carbocycles. The van der Waals surface area contributed by atoms with E-state index in [-0.39, 0.29) is 18.0 Å². The molecule has 33 heavy (non-hydrogen) atoms. The lowest BCUT2D eigenvalue weighted by molar-refractivity contribution is -0.384. The number of nitro groups is 1. The van der Waals surface area contributed by atoms with Crippen LogP contribution in [0, 0.1) is 10.1 Å². The molecule has 164 valence electrons. The largest absolute Gasteiger partial charge is 0.454 e. The Morgan fingerprint density at radius 3 is 2.70 bits per heavy atom. The van der Waals surface area contributed by atoms with Crippen LogP contribution in [0.1, 0.15) is 10.4 Å². The number of nitrogens with zero attached hydrogens (tertiary/aromatic N) is 5. The molecule has 4 aromatic rings. The molecular weight excluding hydrogens is 448 g/mol. The number of aromatic nitrogens is 4. The number of para-hydroxylation sites is 1. The van der Waals surface area contributed by atoms with Crippen LogP contribution in [0.2, 0.25) is 0 Å². The van der Waals surface area contributed by atoms with Gasteiger partial charge in [-0.3, -0.25) is 14.9 Å². The lowest BCUT2D eigenvalue weighted by Crippen LogP contribution is -2.13. The minimum Gasteiger partial charge on any atom is -0.454 e. The number of hydrogen-bond acceptors (Lipinski definition) is 9. The van der Waals surface area contributed by atoms with Crippen LogP contribution >= 0.6 is 11.8 Å². The third-order valence-corrected chi connectivity index (χ3v) is 5.71. The van der Waals surface area contributed by atoms with Gasteiger partial charge in [-0.25, -0.2) is 0 Å². The molecule has 3 aromatic carbocycles. The highest BCUT2D eigenvalue weighted by Gasteiger charge is 2.21. The van der Waals surface area contributed by atoms with Gasteiger partial charge in [-0.05, 0) is 52.5 Å². The van der Waals surface area contributed by atoms with Gasteiger partial charge in [0.1, 0.15) is 0 Å². The summed E-state index contributed by atoms with van der Waals surface area (Å²) in [4.78, 5) is 24.3. The molecule has 0 spiro atoms. The Labute approximate surface area is 190 Å². The Balaban J connectivity index is 1.47. The normalized spacial score (nSPS) is 11.9. The molecule has 0 bridgehead atoms. The van der Waals surface area contributed by atoms with E-state index >= 15 is 0 Å². The maximum absolute atomic E-state index is 13.1. The van der Waals surface area contributed by atoms with E-state index in [2.05, 4.69) is 20.8 Å². The van der Waals surface area contributed by atoms with Crippen molar-refractivity contribution in [2.75, 3.05) is 12.1 Å². The zero-order valence-electron chi connectivity index (χ0n) is 16.7. The standard InChI is InChI=1S/C21H14N6O5S/c28-20(22-13-6-8-17-18(10-13)32-12-31-17)16-11-15(27(29)30)7-9-19(16)33-21-23-24-25-26(21)14-4-2-1-3-5-14/h1-11H,12H2,(H,22,28). The van der Waals surface area contributed by atoms with Crippen molar-refractivity contribution in [2.24, 2.45) is 0 Å². The van der Waals surface area contributed by atoms with Crippen LogP contribution in [0.5, 0.6) is 11.5 Å². The van der Waals surface area contributed by atoms with Gasteiger partial charge in [-0.2, -0.15) is 4.68 Å². The summed E-state index contributed by atoms with van der Waals surface area (Å²) in [7, 11) is 0. The zero-order valence-corrected chi connectivity index (χ0v) is 17.6. The van der Waals surface area contributed by atoms with Gasteiger partial charge >= 0.3 is 0 Å². The summed E-state index contributed by atoms with van der Waals surface area (Å²) in [5, 5.41) is 26.2. The smallest absolute Gasteiger partial charge is 0.270 e. The summed E-state index contributed by atoms with van der Waals surface area (Å²) in [6, 6.07) is 18.3. The Bertz CT molecular complexity index is 1360. The van der Waals surface area contributed by atoms with E-state index in [9.17, 15) is 14.9 Å². The third-order valence-electron chi connectivity index (χ3n) is 4.69. The molecule has 1 aliphatic rings. The van der Waals surface area contributed by atoms with Crippen molar-refractivity contribution in [3.63, 3.8) is 0 Å². The molecule has 0 saturated heterocycles. The topological polar surface area (TPSA) is 134 Å². The number of nitro benzene ring substituents is 1. The summed E-state index contributed by atoms with van der Waals surface area (Å²) in [5.74, 6) is 0.551. The summed E-state index contributed by atoms with van der Waals surface area (Å²) in [5.41, 5.74) is 1.09. The van der Waals surface area contributed by atoms with Crippen LogP contribution < -0.4 is 14.8 Å². The molecule has 1 aromatic heterocycles. The van der Waals surface area contributed by atoms with Crippen LogP contribution in [0.4, 0.5) is 11.4 Å². The average molecular weight is 462 g/mol.